The van der Waals surface area contributed by atoms with Crippen molar-refractivity contribution in [3.05, 3.63) is 60.2 Å². The SMILES string of the molecule is C=CCNC(=O)/C(C#N)=C/C=C/c1ccccc1OC. The summed E-state index contributed by atoms with van der Waals surface area (Å²) in [5.41, 5.74) is 0.910. The second kappa shape index (κ2) is 8.33. The minimum Gasteiger partial charge on any atom is -0.496 e. The zero-order valence-corrected chi connectivity index (χ0v) is 11.3. The van der Waals surface area contributed by atoms with Gasteiger partial charge >= 0.3 is 0 Å². The van der Waals surface area contributed by atoms with Crippen LogP contribution in [0.4, 0.5) is 0 Å². The van der Waals surface area contributed by atoms with Crippen molar-refractivity contribution in [1.82, 2.24) is 5.32 Å². The van der Waals surface area contributed by atoms with Gasteiger partial charge in [0.2, 0.25) is 0 Å². The molecule has 4 nitrogen and oxygen atoms in total. The van der Waals surface area contributed by atoms with Crippen molar-refractivity contribution in [2.24, 2.45) is 0 Å². The van der Waals surface area contributed by atoms with Gasteiger partial charge in [-0.05, 0) is 12.1 Å². The van der Waals surface area contributed by atoms with Crippen LogP contribution in [-0.4, -0.2) is 19.6 Å². The second-order valence-electron chi connectivity index (χ2n) is 3.79. The van der Waals surface area contributed by atoms with E-state index < -0.39 is 5.91 Å². The molecule has 0 aromatic heterocycles. The average molecular weight is 268 g/mol. The number of carbonyl (C=O) groups excluding carboxylic acids is 1. The molecule has 0 aliphatic heterocycles. The molecule has 4 heteroatoms. The minimum atomic E-state index is -0.419. The lowest BCUT2D eigenvalue weighted by atomic mass is 10.1. The maximum atomic E-state index is 11.6. The number of hydrogen-bond acceptors (Lipinski definition) is 3. The molecule has 1 aromatic carbocycles. The van der Waals surface area contributed by atoms with Crippen LogP contribution in [0, 0.1) is 11.3 Å². The lowest BCUT2D eigenvalue weighted by Gasteiger charge is -2.02. The molecular formula is C16H16N2O2. The molecule has 0 aliphatic rings. The molecule has 0 spiro atoms. The van der Waals surface area contributed by atoms with E-state index in [1.54, 1.807) is 25.3 Å². The lowest BCUT2D eigenvalue weighted by Crippen LogP contribution is -2.24. The fourth-order valence-electron chi connectivity index (χ4n) is 1.48. The highest BCUT2D eigenvalue weighted by atomic mass is 16.5. The first-order valence-corrected chi connectivity index (χ1v) is 6.03. The molecule has 1 N–H and O–H groups in total. The summed E-state index contributed by atoms with van der Waals surface area (Å²) in [4.78, 5) is 11.6. The van der Waals surface area contributed by atoms with Gasteiger partial charge in [0.1, 0.15) is 17.4 Å². The Hall–Kier alpha value is -2.80. The smallest absolute Gasteiger partial charge is 0.262 e. The summed E-state index contributed by atoms with van der Waals surface area (Å²) in [7, 11) is 1.59. The number of rotatable bonds is 6. The molecule has 1 aromatic rings. The third kappa shape index (κ3) is 4.46. The molecule has 0 radical (unpaired) electrons. The Morgan fingerprint density at radius 1 is 1.50 bits per heavy atom. The Morgan fingerprint density at radius 3 is 2.90 bits per heavy atom. The molecule has 0 aliphatic carbocycles. The molecule has 102 valence electrons. The summed E-state index contributed by atoms with van der Waals surface area (Å²) in [6.07, 6.45) is 6.43. The molecule has 0 heterocycles. The Bertz CT molecular complexity index is 580. The number of methoxy groups -OCH3 is 1. The van der Waals surface area contributed by atoms with E-state index >= 15 is 0 Å². The van der Waals surface area contributed by atoms with Crippen LogP contribution in [0.25, 0.3) is 6.08 Å². The number of carbonyl (C=O) groups is 1. The number of hydrogen-bond donors (Lipinski definition) is 1. The molecule has 20 heavy (non-hydrogen) atoms. The highest BCUT2D eigenvalue weighted by molar-refractivity contribution is 5.97. The van der Waals surface area contributed by atoms with Crippen molar-refractivity contribution >= 4 is 12.0 Å². The Labute approximate surface area is 118 Å². The normalized spacial score (nSPS) is 10.9. The van der Waals surface area contributed by atoms with Crippen molar-refractivity contribution in [3.63, 3.8) is 0 Å². The number of para-hydroxylation sites is 1. The van der Waals surface area contributed by atoms with Gasteiger partial charge in [-0.3, -0.25) is 4.79 Å². The van der Waals surface area contributed by atoms with Gasteiger partial charge in [0.25, 0.3) is 5.91 Å². The lowest BCUT2D eigenvalue weighted by molar-refractivity contribution is -0.116. The van der Waals surface area contributed by atoms with Crippen molar-refractivity contribution in [2.45, 2.75) is 0 Å². The highest BCUT2D eigenvalue weighted by Gasteiger charge is 2.05. The van der Waals surface area contributed by atoms with Crippen LogP contribution >= 0.6 is 0 Å². The van der Waals surface area contributed by atoms with E-state index in [4.69, 9.17) is 10.00 Å². The summed E-state index contributed by atoms with van der Waals surface area (Å²) in [5, 5.41) is 11.5. The van der Waals surface area contributed by atoms with E-state index in [0.29, 0.717) is 6.54 Å². The fourth-order valence-corrected chi connectivity index (χ4v) is 1.48. The van der Waals surface area contributed by atoms with Crippen LogP contribution in [0.2, 0.25) is 0 Å². The number of allylic oxidation sites excluding steroid dienone is 2. The van der Waals surface area contributed by atoms with Crippen LogP contribution in [0.1, 0.15) is 5.56 Å². The molecule has 0 saturated carbocycles. The van der Waals surface area contributed by atoms with E-state index in [2.05, 4.69) is 11.9 Å². The molecule has 0 unspecified atom stereocenters. The molecular weight excluding hydrogens is 252 g/mol. The molecule has 1 amide bonds. The first-order chi connectivity index (χ1) is 9.72. The zero-order valence-electron chi connectivity index (χ0n) is 11.3. The van der Waals surface area contributed by atoms with Crippen molar-refractivity contribution in [2.75, 3.05) is 13.7 Å². The van der Waals surface area contributed by atoms with Crippen LogP contribution in [-0.2, 0) is 4.79 Å². The van der Waals surface area contributed by atoms with E-state index in [9.17, 15) is 4.79 Å². The van der Waals surface area contributed by atoms with E-state index in [1.165, 1.54) is 6.08 Å². The average Bonchev–Trinajstić information content (AvgIpc) is 2.49. The molecule has 0 saturated heterocycles. The number of benzene rings is 1. The summed E-state index contributed by atoms with van der Waals surface area (Å²) in [6.45, 7) is 3.82. The van der Waals surface area contributed by atoms with E-state index in [0.717, 1.165) is 11.3 Å². The number of amides is 1. The Kier molecular flexibility index (Phi) is 6.35. The number of ether oxygens (including phenoxy) is 1. The van der Waals surface area contributed by atoms with Gasteiger partial charge in [-0.15, -0.1) is 6.58 Å². The predicted molar refractivity (Wildman–Crippen MR) is 78.9 cm³/mol. The third-order valence-corrected chi connectivity index (χ3v) is 2.45. The Morgan fingerprint density at radius 2 is 2.25 bits per heavy atom. The quantitative estimate of drug-likeness (QED) is 0.373. The van der Waals surface area contributed by atoms with Gasteiger partial charge in [0, 0.05) is 12.1 Å². The number of nitrogens with one attached hydrogen (secondary N) is 1. The monoisotopic (exact) mass is 268 g/mol. The Balaban J connectivity index is 2.83. The first kappa shape index (κ1) is 15.3. The van der Waals surface area contributed by atoms with Crippen molar-refractivity contribution in [3.8, 4) is 11.8 Å². The van der Waals surface area contributed by atoms with Crippen LogP contribution in [0.3, 0.4) is 0 Å². The highest BCUT2D eigenvalue weighted by Crippen LogP contribution is 2.18. The summed E-state index contributed by atoms with van der Waals surface area (Å²) < 4.78 is 5.20. The maximum Gasteiger partial charge on any atom is 0.262 e. The standard InChI is InChI=1S/C16H16N2O2/c1-3-11-18-16(19)14(12-17)9-6-8-13-7-4-5-10-15(13)20-2/h3-10H,1,11H2,2H3,(H,18,19)/b8-6+,14-9+. The van der Waals surface area contributed by atoms with Crippen LogP contribution in [0.5, 0.6) is 5.75 Å². The second-order valence-corrected chi connectivity index (χ2v) is 3.79. The van der Waals surface area contributed by atoms with Gasteiger partial charge in [0.15, 0.2) is 0 Å². The van der Waals surface area contributed by atoms with Gasteiger partial charge in [-0.2, -0.15) is 5.26 Å². The summed E-state index contributed by atoms with van der Waals surface area (Å²) >= 11 is 0. The number of nitrogens with zero attached hydrogens (tertiary/aromatic N) is 1. The topological polar surface area (TPSA) is 62.1 Å². The van der Waals surface area contributed by atoms with Gasteiger partial charge in [0.05, 0.1) is 7.11 Å². The van der Waals surface area contributed by atoms with Gasteiger partial charge in [-0.25, -0.2) is 0 Å². The molecule has 1 rings (SSSR count). The zero-order chi connectivity index (χ0) is 14.8. The first-order valence-electron chi connectivity index (χ1n) is 6.03. The van der Waals surface area contributed by atoms with Gasteiger partial charge < -0.3 is 10.1 Å². The molecule has 0 bridgehead atoms. The minimum absolute atomic E-state index is 0.0398. The third-order valence-electron chi connectivity index (χ3n) is 2.45. The largest absolute Gasteiger partial charge is 0.496 e. The fraction of sp³-hybridized carbons (Fsp3) is 0.125. The van der Waals surface area contributed by atoms with E-state index in [1.807, 2.05) is 30.3 Å². The molecule has 0 fully saturated rings. The van der Waals surface area contributed by atoms with Crippen LogP contribution in [0.15, 0.2) is 54.6 Å². The van der Waals surface area contributed by atoms with Gasteiger partial charge in [-0.1, -0.05) is 36.4 Å². The molecule has 0 atom stereocenters. The van der Waals surface area contributed by atoms with Crippen molar-refractivity contribution < 1.29 is 9.53 Å². The maximum absolute atomic E-state index is 11.6. The summed E-state index contributed by atoms with van der Waals surface area (Å²) in [6, 6.07) is 9.33. The van der Waals surface area contributed by atoms with E-state index in [-0.39, 0.29) is 5.57 Å². The number of nitriles is 1. The van der Waals surface area contributed by atoms with Crippen LogP contribution < -0.4 is 10.1 Å². The van der Waals surface area contributed by atoms with Crippen molar-refractivity contribution in [1.29, 1.82) is 5.26 Å². The summed E-state index contributed by atoms with van der Waals surface area (Å²) in [5.74, 6) is 0.309. The predicted octanol–water partition coefficient (Wildman–Crippen LogP) is 2.46.